The minimum absolute atomic E-state index is 0.0810. The fourth-order valence-corrected chi connectivity index (χ4v) is 4.01. The summed E-state index contributed by atoms with van der Waals surface area (Å²) in [6.07, 6.45) is 1.42. The Morgan fingerprint density at radius 2 is 1.79 bits per heavy atom. The number of morpholine rings is 1. The normalized spacial score (nSPS) is 15.0. The van der Waals surface area contributed by atoms with E-state index in [9.17, 15) is 22.4 Å². The van der Waals surface area contributed by atoms with E-state index < -0.39 is 32.6 Å². The summed E-state index contributed by atoms with van der Waals surface area (Å²) in [5.41, 5.74) is 4.26. The van der Waals surface area contributed by atoms with E-state index in [1.54, 1.807) is 12.1 Å². The molecule has 2 N–H and O–H groups in total. The highest BCUT2D eigenvalue weighted by Crippen LogP contribution is 2.21. The first-order chi connectivity index (χ1) is 13.4. The summed E-state index contributed by atoms with van der Waals surface area (Å²) < 4.78 is 45.7. The molecule has 1 fully saturated rings. The Morgan fingerprint density at radius 3 is 2.46 bits per heavy atom. The number of ether oxygens (including phenoxy) is 1. The minimum atomic E-state index is -4.12. The van der Waals surface area contributed by atoms with E-state index in [1.807, 2.05) is 0 Å². The summed E-state index contributed by atoms with van der Waals surface area (Å²) in [6.45, 7) is 0.609. The van der Waals surface area contributed by atoms with Gasteiger partial charge in [0, 0.05) is 24.8 Å². The lowest BCUT2D eigenvalue weighted by Gasteiger charge is -2.26. The zero-order valence-electron chi connectivity index (χ0n) is 14.6. The highest BCUT2D eigenvalue weighted by molar-refractivity contribution is 7.89. The quantitative estimate of drug-likeness (QED) is 0.704. The maximum absolute atomic E-state index is 14.2. The Balaban J connectivity index is 1.75. The molecular formula is C17H17FN4O5S. The number of hydrogen-bond acceptors (Lipinski definition) is 6. The average Bonchev–Trinajstić information content (AvgIpc) is 2.73. The summed E-state index contributed by atoms with van der Waals surface area (Å²) in [7, 11) is -4.12. The first-order valence-corrected chi connectivity index (χ1v) is 9.73. The predicted molar refractivity (Wildman–Crippen MR) is 95.1 cm³/mol. The third-order valence-corrected chi connectivity index (χ3v) is 5.88. The molecule has 1 aromatic carbocycles. The lowest BCUT2D eigenvalue weighted by atomic mass is 10.2. The van der Waals surface area contributed by atoms with E-state index in [-0.39, 0.29) is 37.6 Å². The molecule has 28 heavy (non-hydrogen) atoms. The number of hydrazine groups is 1. The van der Waals surface area contributed by atoms with Gasteiger partial charge in [0.15, 0.2) is 0 Å². The van der Waals surface area contributed by atoms with Gasteiger partial charge in [-0.05, 0) is 30.3 Å². The fourth-order valence-electron chi connectivity index (χ4n) is 2.52. The van der Waals surface area contributed by atoms with Crippen molar-refractivity contribution in [3.63, 3.8) is 0 Å². The number of rotatable bonds is 4. The zero-order valence-corrected chi connectivity index (χ0v) is 15.4. The van der Waals surface area contributed by atoms with Gasteiger partial charge in [0.05, 0.1) is 13.2 Å². The van der Waals surface area contributed by atoms with Gasteiger partial charge in [0.25, 0.3) is 11.8 Å². The van der Waals surface area contributed by atoms with Gasteiger partial charge in [0.1, 0.15) is 16.4 Å². The van der Waals surface area contributed by atoms with Gasteiger partial charge in [-0.2, -0.15) is 4.31 Å². The molecule has 0 aliphatic carbocycles. The maximum atomic E-state index is 14.2. The van der Waals surface area contributed by atoms with E-state index >= 15 is 0 Å². The number of pyridine rings is 1. The van der Waals surface area contributed by atoms with E-state index in [0.717, 1.165) is 22.5 Å². The number of aromatic nitrogens is 1. The molecule has 148 valence electrons. The highest BCUT2D eigenvalue weighted by atomic mass is 32.2. The van der Waals surface area contributed by atoms with E-state index in [1.165, 1.54) is 12.3 Å². The number of amides is 2. The van der Waals surface area contributed by atoms with Crippen LogP contribution in [0.2, 0.25) is 0 Å². The molecule has 0 saturated carbocycles. The van der Waals surface area contributed by atoms with Crippen molar-refractivity contribution in [2.24, 2.45) is 0 Å². The monoisotopic (exact) mass is 408 g/mol. The molecule has 0 unspecified atom stereocenters. The van der Waals surface area contributed by atoms with Crippen molar-refractivity contribution >= 4 is 21.8 Å². The van der Waals surface area contributed by atoms with Crippen molar-refractivity contribution in [2.45, 2.75) is 4.90 Å². The maximum Gasteiger partial charge on any atom is 0.288 e. The van der Waals surface area contributed by atoms with Gasteiger partial charge >= 0.3 is 0 Å². The first-order valence-electron chi connectivity index (χ1n) is 8.29. The SMILES string of the molecule is O=C(NNC(=O)c1ccccn1)c1ccc(F)c(S(=O)(=O)N2CCOCC2)c1. The molecular weight excluding hydrogens is 391 g/mol. The Hall–Kier alpha value is -2.89. The molecule has 1 aromatic heterocycles. The molecule has 1 saturated heterocycles. The van der Waals surface area contributed by atoms with Crippen LogP contribution in [0.3, 0.4) is 0 Å². The summed E-state index contributed by atoms with van der Waals surface area (Å²) in [5.74, 6) is -2.43. The van der Waals surface area contributed by atoms with Gasteiger partial charge in [-0.15, -0.1) is 0 Å². The van der Waals surface area contributed by atoms with Crippen LogP contribution in [0.15, 0.2) is 47.5 Å². The van der Waals surface area contributed by atoms with Crippen LogP contribution < -0.4 is 10.9 Å². The van der Waals surface area contributed by atoms with Crippen LogP contribution in [-0.4, -0.2) is 55.8 Å². The van der Waals surface area contributed by atoms with Crippen LogP contribution in [0, 0.1) is 5.82 Å². The molecule has 3 rings (SSSR count). The fraction of sp³-hybridized carbons (Fsp3) is 0.235. The minimum Gasteiger partial charge on any atom is -0.379 e. The Labute approximate surface area is 160 Å². The van der Waals surface area contributed by atoms with E-state index in [2.05, 4.69) is 15.8 Å². The van der Waals surface area contributed by atoms with Crippen LogP contribution in [0.1, 0.15) is 20.8 Å². The number of carbonyl (C=O) groups is 2. The largest absolute Gasteiger partial charge is 0.379 e. The average molecular weight is 408 g/mol. The number of carbonyl (C=O) groups excluding carboxylic acids is 2. The molecule has 2 amide bonds. The molecule has 2 aromatic rings. The summed E-state index contributed by atoms with van der Waals surface area (Å²) in [6, 6.07) is 7.63. The second-order valence-electron chi connectivity index (χ2n) is 5.78. The Bertz CT molecular complexity index is 978. The summed E-state index contributed by atoms with van der Waals surface area (Å²) in [4.78, 5) is 27.4. The lowest BCUT2D eigenvalue weighted by molar-refractivity contribution is 0.0729. The van der Waals surface area contributed by atoms with Gasteiger partial charge in [-0.1, -0.05) is 6.07 Å². The van der Waals surface area contributed by atoms with Crippen molar-refractivity contribution in [3.05, 3.63) is 59.7 Å². The number of benzene rings is 1. The van der Waals surface area contributed by atoms with Crippen molar-refractivity contribution in [2.75, 3.05) is 26.3 Å². The highest BCUT2D eigenvalue weighted by Gasteiger charge is 2.29. The van der Waals surface area contributed by atoms with E-state index in [0.29, 0.717) is 0 Å². The number of nitrogens with one attached hydrogen (secondary N) is 2. The van der Waals surface area contributed by atoms with Gasteiger partial charge in [-0.25, -0.2) is 12.8 Å². The van der Waals surface area contributed by atoms with Crippen molar-refractivity contribution < 1.29 is 27.1 Å². The summed E-state index contributed by atoms with van der Waals surface area (Å²) >= 11 is 0. The molecule has 0 atom stereocenters. The third-order valence-electron chi connectivity index (χ3n) is 3.97. The van der Waals surface area contributed by atoms with Gasteiger partial charge in [0.2, 0.25) is 10.0 Å². The van der Waals surface area contributed by atoms with Gasteiger partial charge < -0.3 is 4.74 Å². The number of nitrogens with zero attached hydrogens (tertiary/aromatic N) is 2. The third kappa shape index (κ3) is 4.32. The van der Waals surface area contributed by atoms with Crippen molar-refractivity contribution in [1.82, 2.24) is 20.1 Å². The predicted octanol–water partition coefficient (Wildman–Crippen LogP) is 0.316. The standard InChI is InChI=1S/C17H17FN4O5S/c18-13-5-4-12(11-15(13)28(25,26)22-7-9-27-10-8-22)16(23)20-21-17(24)14-3-1-2-6-19-14/h1-6,11H,7-10H2,(H,20,23)(H,21,24). The molecule has 1 aliphatic rings. The topological polar surface area (TPSA) is 118 Å². The van der Waals surface area contributed by atoms with Crippen LogP contribution in [-0.2, 0) is 14.8 Å². The Morgan fingerprint density at radius 1 is 1.07 bits per heavy atom. The molecule has 9 nitrogen and oxygen atoms in total. The van der Waals surface area contributed by atoms with Crippen LogP contribution in [0.5, 0.6) is 0 Å². The van der Waals surface area contributed by atoms with E-state index in [4.69, 9.17) is 4.74 Å². The molecule has 0 radical (unpaired) electrons. The molecule has 0 bridgehead atoms. The zero-order chi connectivity index (χ0) is 20.1. The van der Waals surface area contributed by atoms with Crippen molar-refractivity contribution in [3.8, 4) is 0 Å². The second-order valence-corrected chi connectivity index (χ2v) is 7.69. The van der Waals surface area contributed by atoms with Crippen LogP contribution in [0.25, 0.3) is 0 Å². The van der Waals surface area contributed by atoms with Crippen LogP contribution in [0.4, 0.5) is 4.39 Å². The smallest absolute Gasteiger partial charge is 0.288 e. The molecule has 0 spiro atoms. The number of hydrogen-bond donors (Lipinski definition) is 2. The molecule has 11 heteroatoms. The Kier molecular flexibility index (Phi) is 5.97. The number of halogens is 1. The van der Waals surface area contributed by atoms with Crippen LogP contribution >= 0.6 is 0 Å². The second kappa shape index (κ2) is 8.42. The van der Waals surface area contributed by atoms with Gasteiger partial charge in [-0.3, -0.25) is 25.4 Å². The number of sulfonamides is 1. The molecule has 2 heterocycles. The van der Waals surface area contributed by atoms with Crippen molar-refractivity contribution in [1.29, 1.82) is 0 Å². The first kappa shape index (κ1) is 19.9. The lowest BCUT2D eigenvalue weighted by Crippen LogP contribution is -2.42. The molecule has 1 aliphatic heterocycles. The summed E-state index contributed by atoms with van der Waals surface area (Å²) in [5, 5.41) is 0.